The van der Waals surface area contributed by atoms with Gasteiger partial charge in [0.1, 0.15) is 11.9 Å². The molecule has 0 bridgehead atoms. The first-order valence-electron chi connectivity index (χ1n) is 6.55. The van der Waals surface area contributed by atoms with E-state index in [4.69, 9.17) is 14.2 Å². The molecular formula is C14H22O4. The molecule has 2 aliphatic heterocycles. The number of hydrogen-bond acceptors (Lipinski definition) is 4. The highest BCUT2D eigenvalue weighted by Gasteiger charge is 2.43. The molecule has 4 heteroatoms. The zero-order chi connectivity index (χ0) is 13.3. The van der Waals surface area contributed by atoms with Crippen molar-refractivity contribution < 1.29 is 19.0 Å². The summed E-state index contributed by atoms with van der Waals surface area (Å²) in [5.74, 6) is -0.411. The summed E-state index contributed by atoms with van der Waals surface area (Å²) in [5, 5.41) is 0. The molecule has 18 heavy (non-hydrogen) atoms. The third kappa shape index (κ3) is 2.82. The van der Waals surface area contributed by atoms with E-state index in [1.54, 1.807) is 0 Å². The molecule has 2 saturated heterocycles. The van der Waals surface area contributed by atoms with Crippen LogP contribution in [0.25, 0.3) is 0 Å². The molecule has 0 aliphatic carbocycles. The van der Waals surface area contributed by atoms with Crippen molar-refractivity contribution in [2.75, 3.05) is 6.61 Å². The predicted octanol–water partition coefficient (Wildman–Crippen LogP) is 2.08. The van der Waals surface area contributed by atoms with Crippen molar-refractivity contribution in [1.82, 2.24) is 0 Å². The molecule has 2 heterocycles. The minimum Gasteiger partial charge on any atom is -0.367 e. The lowest BCUT2D eigenvalue weighted by molar-refractivity contribution is -0.175. The van der Waals surface area contributed by atoms with Gasteiger partial charge in [-0.1, -0.05) is 19.1 Å². The number of rotatable bonds is 2. The average Bonchev–Trinajstić information content (AvgIpc) is 2.65. The Morgan fingerprint density at radius 1 is 1.33 bits per heavy atom. The Morgan fingerprint density at radius 2 is 2.06 bits per heavy atom. The molecule has 0 spiro atoms. The van der Waals surface area contributed by atoms with Gasteiger partial charge in [-0.05, 0) is 20.8 Å². The lowest BCUT2D eigenvalue weighted by atomic mass is 9.90. The van der Waals surface area contributed by atoms with Crippen molar-refractivity contribution in [3.8, 4) is 0 Å². The van der Waals surface area contributed by atoms with Gasteiger partial charge in [-0.25, -0.2) is 0 Å². The van der Waals surface area contributed by atoms with E-state index in [1.165, 1.54) is 0 Å². The van der Waals surface area contributed by atoms with Crippen molar-refractivity contribution in [2.24, 2.45) is 5.92 Å². The van der Waals surface area contributed by atoms with Crippen LogP contribution in [-0.2, 0) is 19.0 Å². The summed E-state index contributed by atoms with van der Waals surface area (Å²) in [4.78, 5) is 12.0. The molecule has 4 nitrogen and oxygen atoms in total. The first-order chi connectivity index (χ1) is 8.43. The molecule has 0 N–H and O–H groups in total. The van der Waals surface area contributed by atoms with Crippen LogP contribution in [0.5, 0.6) is 0 Å². The van der Waals surface area contributed by atoms with Gasteiger partial charge < -0.3 is 14.2 Å². The molecule has 2 aliphatic rings. The second kappa shape index (κ2) is 5.11. The number of carbonyl (C=O) groups is 1. The van der Waals surface area contributed by atoms with Gasteiger partial charge in [0.15, 0.2) is 5.79 Å². The number of hydrogen-bond donors (Lipinski definition) is 0. The van der Waals surface area contributed by atoms with Crippen LogP contribution in [0.15, 0.2) is 12.2 Å². The summed E-state index contributed by atoms with van der Waals surface area (Å²) >= 11 is 0. The Morgan fingerprint density at radius 3 is 2.61 bits per heavy atom. The molecular weight excluding hydrogens is 232 g/mol. The fourth-order valence-corrected chi connectivity index (χ4v) is 2.45. The second-order valence-electron chi connectivity index (χ2n) is 5.49. The lowest BCUT2D eigenvalue weighted by Gasteiger charge is -2.34. The van der Waals surface area contributed by atoms with Gasteiger partial charge in [-0.2, -0.15) is 0 Å². The molecule has 0 radical (unpaired) electrons. The van der Waals surface area contributed by atoms with Crippen molar-refractivity contribution in [2.45, 2.75) is 58.2 Å². The summed E-state index contributed by atoms with van der Waals surface area (Å²) in [6, 6.07) is 0. The Balaban J connectivity index is 2.04. The van der Waals surface area contributed by atoms with Gasteiger partial charge in [0.05, 0.1) is 18.8 Å². The number of ketones is 1. The van der Waals surface area contributed by atoms with Crippen LogP contribution in [-0.4, -0.2) is 36.5 Å². The number of Topliss-reactive ketones (excluding diaryl/α,β-unsaturated/α-hetero) is 1. The smallest absolute Gasteiger partial charge is 0.163 e. The molecule has 2 fully saturated rings. The van der Waals surface area contributed by atoms with Crippen LogP contribution < -0.4 is 0 Å². The second-order valence-corrected chi connectivity index (χ2v) is 5.49. The van der Waals surface area contributed by atoms with E-state index in [2.05, 4.69) is 0 Å². The fourth-order valence-electron chi connectivity index (χ4n) is 2.45. The normalized spacial score (nSPS) is 40.6. The van der Waals surface area contributed by atoms with E-state index in [1.807, 2.05) is 39.8 Å². The maximum atomic E-state index is 12.0. The van der Waals surface area contributed by atoms with Crippen LogP contribution in [0.1, 0.15) is 34.1 Å². The van der Waals surface area contributed by atoms with Crippen LogP contribution >= 0.6 is 0 Å². The molecule has 0 aromatic carbocycles. The number of carbonyl (C=O) groups excluding carboxylic acids is 1. The van der Waals surface area contributed by atoms with Crippen LogP contribution in [0.2, 0.25) is 0 Å². The fraction of sp³-hybridized carbons (Fsp3) is 0.786. The first kappa shape index (κ1) is 13.7. The lowest BCUT2D eigenvalue weighted by Crippen LogP contribution is -2.45. The third-order valence-electron chi connectivity index (χ3n) is 3.56. The average molecular weight is 254 g/mol. The molecule has 2 rings (SSSR count). The Labute approximate surface area is 108 Å². The van der Waals surface area contributed by atoms with Gasteiger partial charge in [0, 0.05) is 12.3 Å². The zero-order valence-corrected chi connectivity index (χ0v) is 11.5. The van der Waals surface area contributed by atoms with Gasteiger partial charge >= 0.3 is 0 Å². The maximum absolute atomic E-state index is 12.0. The topological polar surface area (TPSA) is 44.8 Å². The summed E-state index contributed by atoms with van der Waals surface area (Å²) in [6.45, 7) is 8.09. The van der Waals surface area contributed by atoms with Crippen LogP contribution in [0.3, 0.4) is 0 Å². The van der Waals surface area contributed by atoms with Crippen molar-refractivity contribution in [3.05, 3.63) is 12.2 Å². The SMILES string of the molecule is C/C=C/[C@@H]1O[C@H]([C@H]2COC(C)(C)O2)CC(=O)[C@@H]1C. The molecule has 0 saturated carbocycles. The molecule has 0 amide bonds. The first-order valence-corrected chi connectivity index (χ1v) is 6.55. The molecule has 0 aromatic rings. The summed E-state index contributed by atoms with van der Waals surface area (Å²) in [6.07, 6.45) is 3.79. The van der Waals surface area contributed by atoms with Gasteiger partial charge in [-0.3, -0.25) is 4.79 Å². The zero-order valence-electron chi connectivity index (χ0n) is 11.5. The van der Waals surface area contributed by atoms with Crippen LogP contribution in [0.4, 0.5) is 0 Å². The van der Waals surface area contributed by atoms with Gasteiger partial charge in [0.2, 0.25) is 0 Å². The summed E-state index contributed by atoms with van der Waals surface area (Å²) in [5.41, 5.74) is 0. The van der Waals surface area contributed by atoms with Gasteiger partial charge in [-0.15, -0.1) is 0 Å². The largest absolute Gasteiger partial charge is 0.367 e. The Kier molecular flexibility index (Phi) is 3.90. The van der Waals surface area contributed by atoms with E-state index in [0.29, 0.717) is 13.0 Å². The quantitative estimate of drug-likeness (QED) is 0.708. The molecule has 0 aromatic heterocycles. The van der Waals surface area contributed by atoms with E-state index < -0.39 is 5.79 Å². The van der Waals surface area contributed by atoms with E-state index in [-0.39, 0.29) is 30.0 Å². The van der Waals surface area contributed by atoms with Crippen molar-refractivity contribution in [1.29, 1.82) is 0 Å². The Bertz CT molecular complexity index is 348. The highest BCUT2D eigenvalue weighted by molar-refractivity contribution is 5.82. The molecule has 102 valence electrons. The minimum absolute atomic E-state index is 0.0761. The van der Waals surface area contributed by atoms with Crippen molar-refractivity contribution >= 4 is 5.78 Å². The van der Waals surface area contributed by atoms with E-state index in [0.717, 1.165) is 0 Å². The molecule has 0 unspecified atom stereocenters. The standard InChI is InChI=1S/C14H22O4/c1-5-6-11-9(2)10(15)7-12(17-11)13-8-16-14(3,4)18-13/h5-6,9,11-13H,7-8H2,1-4H3/b6-5+/t9-,11-,12-,13+/m0/s1. The third-order valence-corrected chi connectivity index (χ3v) is 3.56. The number of allylic oxidation sites excluding steroid dienone is 1. The highest BCUT2D eigenvalue weighted by atomic mass is 16.7. The van der Waals surface area contributed by atoms with E-state index >= 15 is 0 Å². The predicted molar refractivity (Wildman–Crippen MR) is 67.2 cm³/mol. The molecule has 4 atom stereocenters. The van der Waals surface area contributed by atoms with Gasteiger partial charge in [0.25, 0.3) is 0 Å². The monoisotopic (exact) mass is 254 g/mol. The Hall–Kier alpha value is -0.710. The van der Waals surface area contributed by atoms with E-state index in [9.17, 15) is 4.79 Å². The number of ether oxygens (including phenoxy) is 3. The summed E-state index contributed by atoms with van der Waals surface area (Å²) < 4.78 is 17.3. The van der Waals surface area contributed by atoms with Crippen molar-refractivity contribution in [3.63, 3.8) is 0 Å². The summed E-state index contributed by atoms with van der Waals surface area (Å²) in [7, 11) is 0. The highest BCUT2D eigenvalue weighted by Crippen LogP contribution is 2.31. The van der Waals surface area contributed by atoms with Crippen LogP contribution in [0, 0.1) is 5.92 Å². The maximum Gasteiger partial charge on any atom is 0.163 e. The minimum atomic E-state index is -0.573.